The van der Waals surface area contributed by atoms with Crippen molar-refractivity contribution in [3.05, 3.63) is 64.8 Å². The van der Waals surface area contributed by atoms with Crippen LogP contribution in [0.2, 0.25) is 0 Å². The van der Waals surface area contributed by atoms with Gasteiger partial charge in [-0.1, -0.05) is 24.3 Å². The van der Waals surface area contributed by atoms with E-state index in [1.807, 2.05) is 67.4 Å². The van der Waals surface area contributed by atoms with Crippen molar-refractivity contribution >= 4 is 28.2 Å². The van der Waals surface area contributed by atoms with Crippen LogP contribution in [0.3, 0.4) is 0 Å². The number of thiazole rings is 1. The molecular weight excluding hydrogens is 396 g/mol. The quantitative estimate of drug-likeness (QED) is 0.578. The van der Waals surface area contributed by atoms with Gasteiger partial charge >= 0.3 is 0 Å². The lowest BCUT2D eigenvalue weighted by Crippen LogP contribution is -2.32. The van der Waals surface area contributed by atoms with E-state index in [2.05, 4.69) is 10.3 Å². The van der Waals surface area contributed by atoms with Gasteiger partial charge in [0, 0.05) is 17.6 Å². The molecule has 4 rings (SSSR count). The molecule has 156 valence electrons. The molecule has 0 bridgehead atoms. The summed E-state index contributed by atoms with van der Waals surface area (Å²) in [6.07, 6.45) is 4.12. The number of pyridine rings is 1. The Labute approximate surface area is 180 Å². The summed E-state index contributed by atoms with van der Waals surface area (Å²) in [6.45, 7) is 5.18. The van der Waals surface area contributed by atoms with E-state index >= 15 is 0 Å². The smallest absolute Gasteiger partial charge is 0.226 e. The average molecular weight is 423 g/mol. The Balaban J connectivity index is 1.38. The van der Waals surface area contributed by atoms with Crippen molar-refractivity contribution in [2.75, 3.05) is 18.5 Å². The lowest BCUT2D eigenvalue weighted by molar-refractivity contribution is -0.132. The highest BCUT2D eigenvalue weighted by Gasteiger charge is 2.30. The molecule has 1 fully saturated rings. The first kappa shape index (κ1) is 20.3. The number of benzene rings is 1. The Hall–Kier alpha value is -2.93. The molecule has 0 saturated carbocycles. The van der Waals surface area contributed by atoms with Gasteiger partial charge in [0.25, 0.3) is 0 Å². The third-order valence-corrected chi connectivity index (χ3v) is 6.04. The molecule has 7 heteroatoms. The summed E-state index contributed by atoms with van der Waals surface area (Å²) in [7, 11) is 0. The molecule has 0 unspecified atom stereocenters. The molecule has 1 atom stereocenters. The van der Waals surface area contributed by atoms with Gasteiger partial charge in [0.1, 0.15) is 11.6 Å². The second kappa shape index (κ2) is 9.26. The van der Waals surface area contributed by atoms with Crippen molar-refractivity contribution in [2.45, 2.75) is 39.2 Å². The van der Waals surface area contributed by atoms with E-state index in [1.165, 1.54) is 0 Å². The number of hydrogen-bond donors (Lipinski definition) is 1. The Morgan fingerprint density at radius 1 is 1.23 bits per heavy atom. The second-order valence-electron chi connectivity index (χ2n) is 7.46. The molecule has 0 radical (unpaired) electrons. The zero-order valence-corrected chi connectivity index (χ0v) is 18.1. The number of aromatic nitrogens is 2. The van der Waals surface area contributed by atoms with Crippen LogP contribution in [0.5, 0.6) is 5.75 Å². The highest BCUT2D eigenvalue weighted by Crippen LogP contribution is 2.32. The highest BCUT2D eigenvalue weighted by molar-refractivity contribution is 7.15. The van der Waals surface area contributed by atoms with E-state index in [9.17, 15) is 4.79 Å². The van der Waals surface area contributed by atoms with Gasteiger partial charge in [0.15, 0.2) is 5.13 Å². The van der Waals surface area contributed by atoms with Crippen LogP contribution in [0.4, 0.5) is 10.9 Å². The van der Waals surface area contributed by atoms with E-state index in [0.717, 1.165) is 52.2 Å². The van der Waals surface area contributed by atoms with Gasteiger partial charge in [-0.15, -0.1) is 11.3 Å². The molecule has 3 heterocycles. The van der Waals surface area contributed by atoms with Gasteiger partial charge in [-0.25, -0.2) is 9.97 Å². The van der Waals surface area contributed by atoms with Crippen molar-refractivity contribution in [1.29, 1.82) is 0 Å². The van der Waals surface area contributed by atoms with Crippen LogP contribution in [0, 0.1) is 13.8 Å². The Bertz CT molecular complexity index is 1020. The Morgan fingerprint density at radius 2 is 2.10 bits per heavy atom. The number of anilines is 2. The van der Waals surface area contributed by atoms with Crippen LogP contribution in [-0.4, -0.2) is 33.9 Å². The van der Waals surface area contributed by atoms with Gasteiger partial charge in [-0.3, -0.25) is 4.79 Å². The first-order valence-corrected chi connectivity index (χ1v) is 11.1. The molecule has 1 aromatic carbocycles. The van der Waals surface area contributed by atoms with Crippen molar-refractivity contribution < 1.29 is 9.53 Å². The van der Waals surface area contributed by atoms with Crippen LogP contribution >= 0.6 is 11.3 Å². The molecular formula is C23H26N4O2S. The molecule has 3 aromatic rings. The Morgan fingerprint density at radius 3 is 2.90 bits per heavy atom. The van der Waals surface area contributed by atoms with Crippen molar-refractivity contribution in [1.82, 2.24) is 14.9 Å². The first-order valence-electron chi connectivity index (χ1n) is 10.2. The fourth-order valence-electron chi connectivity index (χ4n) is 3.71. The number of para-hydroxylation sites is 1. The molecule has 1 saturated heterocycles. The standard InChI is InChI=1S/C23H26N4O2S/c1-16-7-3-4-10-20(16)29-14-12-22(28)27-13-6-9-19(27)18-8-5-11-21(25-18)26-23-24-15-17(2)30-23/h3-5,7-8,10-11,15,19H,6,9,12-14H2,1-2H3,(H,24,25,26)/t19-/m0/s1. The predicted octanol–water partition coefficient (Wildman–Crippen LogP) is 5.03. The summed E-state index contributed by atoms with van der Waals surface area (Å²) >= 11 is 1.59. The van der Waals surface area contributed by atoms with E-state index in [4.69, 9.17) is 9.72 Å². The number of nitrogens with zero attached hydrogens (tertiary/aromatic N) is 3. The lowest BCUT2D eigenvalue weighted by Gasteiger charge is -2.25. The number of rotatable bonds is 7. The number of carbonyl (C=O) groups is 1. The molecule has 1 N–H and O–H groups in total. The molecule has 6 nitrogen and oxygen atoms in total. The maximum absolute atomic E-state index is 12.9. The average Bonchev–Trinajstić information content (AvgIpc) is 3.39. The van der Waals surface area contributed by atoms with E-state index in [-0.39, 0.29) is 11.9 Å². The fraction of sp³-hybridized carbons (Fsp3) is 0.348. The number of aryl methyl sites for hydroxylation is 2. The number of hydrogen-bond acceptors (Lipinski definition) is 6. The second-order valence-corrected chi connectivity index (χ2v) is 8.69. The minimum Gasteiger partial charge on any atom is -0.493 e. The topological polar surface area (TPSA) is 67.4 Å². The maximum atomic E-state index is 12.9. The third-order valence-electron chi connectivity index (χ3n) is 5.21. The van der Waals surface area contributed by atoms with E-state index in [0.29, 0.717) is 13.0 Å². The zero-order chi connectivity index (χ0) is 20.9. The minimum absolute atomic E-state index is 0.00995. The summed E-state index contributed by atoms with van der Waals surface area (Å²) in [5, 5.41) is 4.09. The zero-order valence-electron chi connectivity index (χ0n) is 17.3. The van der Waals surface area contributed by atoms with Gasteiger partial charge < -0.3 is 15.0 Å². The van der Waals surface area contributed by atoms with Crippen molar-refractivity contribution in [2.24, 2.45) is 0 Å². The van der Waals surface area contributed by atoms with Gasteiger partial charge in [0.2, 0.25) is 5.91 Å². The number of ether oxygens (including phenoxy) is 1. The molecule has 2 aromatic heterocycles. The van der Waals surface area contributed by atoms with Crippen molar-refractivity contribution in [3.63, 3.8) is 0 Å². The largest absolute Gasteiger partial charge is 0.493 e. The van der Waals surface area contributed by atoms with Crippen LogP contribution in [0.1, 0.15) is 41.4 Å². The molecule has 0 aliphatic carbocycles. The molecule has 0 spiro atoms. The minimum atomic E-state index is 0.00995. The lowest BCUT2D eigenvalue weighted by atomic mass is 10.1. The first-order chi connectivity index (χ1) is 14.6. The molecule has 30 heavy (non-hydrogen) atoms. The molecule has 1 amide bonds. The summed E-state index contributed by atoms with van der Waals surface area (Å²) in [4.78, 5) is 25.1. The summed E-state index contributed by atoms with van der Waals surface area (Å²) < 4.78 is 5.82. The summed E-state index contributed by atoms with van der Waals surface area (Å²) in [6, 6.07) is 13.8. The van der Waals surface area contributed by atoms with Gasteiger partial charge in [0.05, 0.1) is 24.8 Å². The normalized spacial score (nSPS) is 15.9. The van der Waals surface area contributed by atoms with Crippen LogP contribution in [0.25, 0.3) is 0 Å². The van der Waals surface area contributed by atoms with Crippen LogP contribution in [0.15, 0.2) is 48.7 Å². The third kappa shape index (κ3) is 4.79. The highest BCUT2D eigenvalue weighted by atomic mass is 32.1. The molecule has 1 aliphatic rings. The summed E-state index contributed by atoms with van der Waals surface area (Å²) in [5.74, 6) is 1.70. The number of nitrogens with one attached hydrogen (secondary N) is 1. The van der Waals surface area contributed by atoms with Crippen LogP contribution < -0.4 is 10.1 Å². The van der Waals surface area contributed by atoms with Crippen LogP contribution in [-0.2, 0) is 4.79 Å². The van der Waals surface area contributed by atoms with E-state index in [1.54, 1.807) is 11.3 Å². The number of carbonyl (C=O) groups excluding carboxylic acids is 1. The monoisotopic (exact) mass is 422 g/mol. The number of likely N-dealkylation sites (tertiary alicyclic amines) is 1. The fourth-order valence-corrected chi connectivity index (χ4v) is 4.38. The maximum Gasteiger partial charge on any atom is 0.226 e. The number of amides is 1. The predicted molar refractivity (Wildman–Crippen MR) is 119 cm³/mol. The van der Waals surface area contributed by atoms with Crippen molar-refractivity contribution in [3.8, 4) is 5.75 Å². The molecule has 1 aliphatic heterocycles. The Kier molecular flexibility index (Phi) is 6.28. The van der Waals surface area contributed by atoms with E-state index < -0.39 is 0 Å². The van der Waals surface area contributed by atoms with Gasteiger partial charge in [-0.2, -0.15) is 0 Å². The summed E-state index contributed by atoms with van der Waals surface area (Å²) in [5.41, 5.74) is 1.99. The SMILES string of the molecule is Cc1cnc(Nc2cccc([C@@H]3CCCN3C(=O)CCOc3ccccc3C)n2)s1. The van der Waals surface area contributed by atoms with Gasteiger partial charge in [-0.05, 0) is 50.5 Å².